The van der Waals surface area contributed by atoms with Crippen LogP contribution in [0.3, 0.4) is 0 Å². The minimum Gasteiger partial charge on any atom is -0.415 e. The van der Waals surface area contributed by atoms with Gasteiger partial charge in [-0.1, -0.05) is 11.8 Å². The summed E-state index contributed by atoms with van der Waals surface area (Å²) in [6.45, 7) is 3.27. The highest BCUT2D eigenvalue weighted by atomic mass is 32.2. The van der Waals surface area contributed by atoms with Crippen molar-refractivity contribution in [3.63, 3.8) is 0 Å². The molecular formula is C9H13N5OS. The molecule has 0 aliphatic heterocycles. The van der Waals surface area contributed by atoms with Crippen LogP contribution in [0.25, 0.3) is 0 Å². The van der Waals surface area contributed by atoms with E-state index < -0.39 is 0 Å². The molecule has 0 aliphatic carbocycles. The van der Waals surface area contributed by atoms with Gasteiger partial charge in [0, 0.05) is 24.2 Å². The lowest BCUT2D eigenvalue weighted by molar-refractivity contribution is 0.414. The van der Waals surface area contributed by atoms with Gasteiger partial charge in [0.15, 0.2) is 0 Å². The van der Waals surface area contributed by atoms with E-state index in [4.69, 9.17) is 10.2 Å². The summed E-state index contributed by atoms with van der Waals surface area (Å²) < 4.78 is 7.37. The van der Waals surface area contributed by atoms with Gasteiger partial charge >= 0.3 is 0 Å². The molecule has 6 nitrogen and oxygen atoms in total. The van der Waals surface area contributed by atoms with Gasteiger partial charge in [0.25, 0.3) is 5.22 Å². The first kappa shape index (κ1) is 11.2. The van der Waals surface area contributed by atoms with E-state index in [2.05, 4.69) is 26.7 Å². The Hall–Kier alpha value is -1.34. The standard InChI is InChI=1S/C9H13N5OS/c1-2-14-6-11-4-7(14)5-16-9-13-12-8(3-10)15-9/h4,6H,2-3,5,10H2,1H3. The van der Waals surface area contributed by atoms with E-state index in [-0.39, 0.29) is 6.54 Å². The topological polar surface area (TPSA) is 82.8 Å². The summed E-state index contributed by atoms with van der Waals surface area (Å²) in [5, 5.41) is 8.22. The molecule has 0 saturated heterocycles. The Morgan fingerprint density at radius 2 is 2.38 bits per heavy atom. The van der Waals surface area contributed by atoms with E-state index in [1.54, 1.807) is 0 Å². The third-order valence-electron chi connectivity index (χ3n) is 2.11. The number of imidazole rings is 1. The highest BCUT2D eigenvalue weighted by Crippen LogP contribution is 2.20. The number of nitrogens with zero attached hydrogens (tertiary/aromatic N) is 4. The SMILES string of the molecule is CCn1cncc1CSc1nnc(CN)o1. The van der Waals surface area contributed by atoms with Gasteiger partial charge in [-0.2, -0.15) is 0 Å². The molecule has 0 spiro atoms. The molecule has 0 saturated carbocycles. The van der Waals surface area contributed by atoms with E-state index in [0.29, 0.717) is 11.1 Å². The number of aryl methyl sites for hydroxylation is 1. The molecule has 7 heteroatoms. The van der Waals surface area contributed by atoms with Crippen LogP contribution in [0.4, 0.5) is 0 Å². The second-order valence-corrected chi connectivity index (χ2v) is 4.05. The molecule has 0 bridgehead atoms. The van der Waals surface area contributed by atoms with E-state index >= 15 is 0 Å². The van der Waals surface area contributed by atoms with Crippen molar-refractivity contribution < 1.29 is 4.42 Å². The van der Waals surface area contributed by atoms with Crippen molar-refractivity contribution in [2.45, 2.75) is 31.0 Å². The molecule has 16 heavy (non-hydrogen) atoms. The fourth-order valence-electron chi connectivity index (χ4n) is 1.27. The molecule has 0 unspecified atom stereocenters. The van der Waals surface area contributed by atoms with Gasteiger partial charge in [0.2, 0.25) is 5.89 Å². The van der Waals surface area contributed by atoms with Gasteiger partial charge in [-0.3, -0.25) is 0 Å². The normalized spacial score (nSPS) is 10.9. The molecular weight excluding hydrogens is 226 g/mol. The number of nitrogens with two attached hydrogens (primary N) is 1. The smallest absolute Gasteiger partial charge is 0.277 e. The highest BCUT2D eigenvalue weighted by Gasteiger charge is 2.07. The Labute approximate surface area is 97.3 Å². The van der Waals surface area contributed by atoms with Crippen molar-refractivity contribution in [3.05, 3.63) is 24.1 Å². The third-order valence-corrected chi connectivity index (χ3v) is 2.96. The van der Waals surface area contributed by atoms with E-state index in [1.165, 1.54) is 11.8 Å². The number of thioether (sulfide) groups is 1. The molecule has 2 heterocycles. The largest absolute Gasteiger partial charge is 0.415 e. The van der Waals surface area contributed by atoms with Gasteiger partial charge in [-0.25, -0.2) is 4.98 Å². The van der Waals surface area contributed by atoms with Crippen molar-refractivity contribution in [2.75, 3.05) is 0 Å². The minimum atomic E-state index is 0.278. The van der Waals surface area contributed by atoms with Crippen LogP contribution in [0, 0.1) is 0 Å². The molecule has 2 aromatic heterocycles. The zero-order valence-corrected chi connectivity index (χ0v) is 9.78. The van der Waals surface area contributed by atoms with E-state index in [1.807, 2.05) is 12.5 Å². The molecule has 86 valence electrons. The lowest BCUT2D eigenvalue weighted by Gasteiger charge is -2.01. The third kappa shape index (κ3) is 2.42. The zero-order valence-electron chi connectivity index (χ0n) is 8.96. The molecule has 2 aromatic rings. The zero-order chi connectivity index (χ0) is 11.4. The first-order valence-corrected chi connectivity index (χ1v) is 5.96. The number of hydrogen-bond acceptors (Lipinski definition) is 6. The van der Waals surface area contributed by atoms with Crippen molar-refractivity contribution in [1.82, 2.24) is 19.7 Å². The predicted octanol–water partition coefficient (Wildman–Crippen LogP) is 1.04. The fourth-order valence-corrected chi connectivity index (χ4v) is 2.03. The maximum absolute atomic E-state index is 5.38. The van der Waals surface area contributed by atoms with Gasteiger partial charge < -0.3 is 14.7 Å². The lowest BCUT2D eigenvalue weighted by Crippen LogP contribution is -1.97. The summed E-state index contributed by atoms with van der Waals surface area (Å²) in [5.74, 6) is 1.23. The second-order valence-electron chi connectivity index (χ2n) is 3.13. The average Bonchev–Trinajstić information content (AvgIpc) is 2.94. The molecule has 0 atom stereocenters. The molecule has 0 aromatic carbocycles. The van der Waals surface area contributed by atoms with E-state index in [9.17, 15) is 0 Å². The van der Waals surface area contributed by atoms with Gasteiger partial charge in [0.1, 0.15) is 0 Å². The van der Waals surface area contributed by atoms with Gasteiger partial charge in [0.05, 0.1) is 12.9 Å². The van der Waals surface area contributed by atoms with Crippen molar-refractivity contribution in [2.24, 2.45) is 5.73 Å². The summed E-state index contributed by atoms with van der Waals surface area (Å²) in [6.07, 6.45) is 3.66. The van der Waals surface area contributed by atoms with Crippen LogP contribution in [0.2, 0.25) is 0 Å². The predicted molar refractivity (Wildman–Crippen MR) is 59.7 cm³/mol. The number of aromatic nitrogens is 4. The quantitative estimate of drug-likeness (QED) is 0.785. The molecule has 0 aliphatic rings. The monoisotopic (exact) mass is 239 g/mol. The molecule has 0 fully saturated rings. The average molecular weight is 239 g/mol. The summed E-state index contributed by atoms with van der Waals surface area (Å²) in [7, 11) is 0. The Bertz CT molecular complexity index is 452. The minimum absolute atomic E-state index is 0.278. The molecule has 0 radical (unpaired) electrons. The van der Waals surface area contributed by atoms with Crippen molar-refractivity contribution in [3.8, 4) is 0 Å². The molecule has 2 N–H and O–H groups in total. The van der Waals surface area contributed by atoms with Crippen LogP contribution in [-0.4, -0.2) is 19.7 Å². The van der Waals surface area contributed by atoms with E-state index in [0.717, 1.165) is 18.0 Å². The molecule has 2 rings (SSSR count). The van der Waals surface area contributed by atoms with Crippen LogP contribution in [0.1, 0.15) is 18.5 Å². The Morgan fingerprint density at radius 1 is 1.50 bits per heavy atom. The van der Waals surface area contributed by atoms with Crippen molar-refractivity contribution >= 4 is 11.8 Å². The van der Waals surface area contributed by atoms with Gasteiger partial charge in [-0.05, 0) is 6.92 Å². The first-order valence-electron chi connectivity index (χ1n) is 4.97. The maximum atomic E-state index is 5.38. The van der Waals surface area contributed by atoms with Gasteiger partial charge in [-0.15, -0.1) is 10.2 Å². The summed E-state index contributed by atoms with van der Waals surface area (Å²) in [5.41, 5.74) is 6.52. The number of hydrogen-bond donors (Lipinski definition) is 1. The van der Waals surface area contributed by atoms with Crippen LogP contribution in [0.5, 0.6) is 0 Å². The lowest BCUT2D eigenvalue weighted by atomic mass is 10.5. The summed E-state index contributed by atoms with van der Waals surface area (Å²) in [4.78, 5) is 4.09. The van der Waals surface area contributed by atoms with Crippen LogP contribution in [0.15, 0.2) is 22.2 Å². The van der Waals surface area contributed by atoms with Crippen LogP contribution >= 0.6 is 11.8 Å². The second kappa shape index (κ2) is 5.13. The van der Waals surface area contributed by atoms with Crippen LogP contribution in [-0.2, 0) is 18.8 Å². The summed E-state index contributed by atoms with van der Waals surface area (Å²) in [6, 6.07) is 0. The Balaban J connectivity index is 1.96. The first-order chi connectivity index (χ1) is 7.83. The Kier molecular flexibility index (Phi) is 3.58. The highest BCUT2D eigenvalue weighted by molar-refractivity contribution is 7.98. The summed E-state index contributed by atoms with van der Waals surface area (Å²) >= 11 is 1.49. The number of rotatable bonds is 5. The Morgan fingerprint density at radius 3 is 3.06 bits per heavy atom. The van der Waals surface area contributed by atoms with Crippen molar-refractivity contribution in [1.29, 1.82) is 0 Å². The fraction of sp³-hybridized carbons (Fsp3) is 0.444. The van der Waals surface area contributed by atoms with Crippen LogP contribution < -0.4 is 5.73 Å². The molecule has 0 amide bonds. The maximum Gasteiger partial charge on any atom is 0.277 e.